The van der Waals surface area contributed by atoms with Crippen molar-refractivity contribution in [1.29, 1.82) is 0 Å². The third-order valence-electron chi connectivity index (χ3n) is 3.77. The minimum atomic E-state index is -3.85. The van der Waals surface area contributed by atoms with E-state index < -0.39 is 27.6 Å². The van der Waals surface area contributed by atoms with Crippen molar-refractivity contribution in [3.63, 3.8) is 0 Å². The van der Waals surface area contributed by atoms with Crippen molar-refractivity contribution < 1.29 is 26.7 Å². The molecule has 0 unspecified atom stereocenters. The Kier molecular flexibility index (Phi) is 6.73. The average Bonchev–Trinajstić information content (AvgIpc) is 2.61. The number of carbonyl (C=O) groups excluding carboxylic acids is 1. The van der Waals surface area contributed by atoms with Gasteiger partial charge in [-0.1, -0.05) is 12.1 Å². The van der Waals surface area contributed by atoms with Crippen molar-refractivity contribution in [3.8, 4) is 5.75 Å². The van der Waals surface area contributed by atoms with Gasteiger partial charge < -0.3 is 10.1 Å². The highest BCUT2D eigenvalue weighted by atomic mass is 32.2. The highest BCUT2D eigenvalue weighted by Crippen LogP contribution is 2.22. The Labute approximate surface area is 156 Å². The van der Waals surface area contributed by atoms with E-state index in [-0.39, 0.29) is 25.2 Å². The molecule has 0 aliphatic carbocycles. The summed E-state index contributed by atoms with van der Waals surface area (Å²) in [6.45, 7) is -0.0115. The van der Waals surface area contributed by atoms with Gasteiger partial charge in [-0.05, 0) is 29.8 Å². The summed E-state index contributed by atoms with van der Waals surface area (Å²) < 4.78 is 56.7. The van der Waals surface area contributed by atoms with Crippen LogP contribution in [0, 0.1) is 11.6 Å². The molecule has 1 amide bonds. The van der Waals surface area contributed by atoms with Crippen LogP contribution in [0.2, 0.25) is 0 Å². The quantitative estimate of drug-likeness (QED) is 0.741. The Morgan fingerprint density at radius 1 is 1.15 bits per heavy atom. The van der Waals surface area contributed by atoms with Crippen LogP contribution in [0.25, 0.3) is 0 Å². The highest BCUT2D eigenvalue weighted by Gasteiger charge is 2.22. The zero-order valence-electron chi connectivity index (χ0n) is 14.9. The van der Waals surface area contributed by atoms with Crippen molar-refractivity contribution in [2.75, 3.05) is 24.2 Å². The van der Waals surface area contributed by atoms with Crippen molar-refractivity contribution in [2.45, 2.75) is 13.0 Å². The number of anilines is 1. The van der Waals surface area contributed by atoms with Gasteiger partial charge in [0.25, 0.3) is 0 Å². The molecular formula is C18H20F2N2O4S. The van der Waals surface area contributed by atoms with Crippen LogP contribution in [0.4, 0.5) is 14.5 Å². The number of rotatable bonds is 8. The number of carbonyl (C=O) groups is 1. The molecular weight excluding hydrogens is 378 g/mol. The van der Waals surface area contributed by atoms with E-state index in [9.17, 15) is 22.0 Å². The van der Waals surface area contributed by atoms with E-state index in [0.717, 1.165) is 28.3 Å². The monoisotopic (exact) mass is 398 g/mol. The van der Waals surface area contributed by atoms with Gasteiger partial charge in [-0.3, -0.25) is 9.10 Å². The average molecular weight is 398 g/mol. The summed E-state index contributed by atoms with van der Waals surface area (Å²) >= 11 is 0. The Bertz CT molecular complexity index is 902. The van der Waals surface area contributed by atoms with E-state index in [0.29, 0.717) is 11.8 Å². The molecule has 1 N–H and O–H groups in total. The van der Waals surface area contributed by atoms with Crippen LogP contribution >= 0.6 is 0 Å². The number of ether oxygens (including phenoxy) is 1. The van der Waals surface area contributed by atoms with Crippen LogP contribution in [-0.2, 0) is 21.4 Å². The van der Waals surface area contributed by atoms with Crippen molar-refractivity contribution in [2.24, 2.45) is 0 Å². The van der Waals surface area contributed by atoms with Gasteiger partial charge in [0.15, 0.2) is 0 Å². The second kappa shape index (κ2) is 8.81. The molecule has 0 spiro atoms. The van der Waals surface area contributed by atoms with Crippen LogP contribution in [-0.4, -0.2) is 34.2 Å². The molecule has 0 saturated heterocycles. The maximum Gasteiger partial charge on any atom is 0.232 e. The summed E-state index contributed by atoms with van der Waals surface area (Å²) in [7, 11) is -2.30. The van der Waals surface area contributed by atoms with Crippen molar-refractivity contribution >= 4 is 21.6 Å². The highest BCUT2D eigenvalue weighted by molar-refractivity contribution is 7.92. The lowest BCUT2D eigenvalue weighted by Gasteiger charge is -2.22. The minimum Gasteiger partial charge on any atom is -0.497 e. The second-order valence-corrected chi connectivity index (χ2v) is 7.71. The normalized spacial score (nSPS) is 11.1. The Hall–Kier alpha value is -2.68. The van der Waals surface area contributed by atoms with Crippen molar-refractivity contribution in [1.82, 2.24) is 5.32 Å². The van der Waals surface area contributed by atoms with Crippen LogP contribution in [0.1, 0.15) is 12.0 Å². The van der Waals surface area contributed by atoms with Gasteiger partial charge in [-0.2, -0.15) is 0 Å². The number of hydrogen-bond acceptors (Lipinski definition) is 4. The smallest absolute Gasteiger partial charge is 0.232 e. The maximum absolute atomic E-state index is 13.9. The van der Waals surface area contributed by atoms with Gasteiger partial charge in [-0.25, -0.2) is 17.2 Å². The molecule has 0 fully saturated rings. The molecule has 0 atom stereocenters. The SMILES string of the molecule is COc1ccc(CNC(=O)CCN(c2ccc(F)cc2F)S(C)(=O)=O)cc1. The Balaban J connectivity index is 1.98. The fraction of sp³-hybridized carbons (Fsp3) is 0.278. The number of sulfonamides is 1. The summed E-state index contributed by atoms with van der Waals surface area (Å²) in [5.74, 6) is -1.54. The molecule has 6 nitrogen and oxygen atoms in total. The maximum atomic E-state index is 13.9. The van der Waals surface area contributed by atoms with Crippen molar-refractivity contribution in [3.05, 3.63) is 59.7 Å². The first-order valence-electron chi connectivity index (χ1n) is 8.03. The molecule has 0 radical (unpaired) electrons. The molecule has 2 aromatic rings. The lowest BCUT2D eigenvalue weighted by molar-refractivity contribution is -0.121. The van der Waals surface area contributed by atoms with Gasteiger partial charge in [0, 0.05) is 25.6 Å². The third-order valence-corrected chi connectivity index (χ3v) is 4.95. The summed E-state index contributed by atoms with van der Waals surface area (Å²) in [5.41, 5.74) is 0.538. The van der Waals surface area contributed by atoms with E-state index in [1.165, 1.54) is 0 Å². The topological polar surface area (TPSA) is 75.7 Å². The van der Waals surface area contributed by atoms with Crippen LogP contribution < -0.4 is 14.4 Å². The van der Waals surface area contributed by atoms with E-state index in [4.69, 9.17) is 4.74 Å². The molecule has 0 aliphatic heterocycles. The molecule has 146 valence electrons. The van der Waals surface area contributed by atoms with Crippen LogP contribution in [0.5, 0.6) is 5.75 Å². The molecule has 2 aromatic carbocycles. The van der Waals surface area contributed by atoms with Gasteiger partial charge in [0.1, 0.15) is 17.4 Å². The zero-order valence-corrected chi connectivity index (χ0v) is 15.7. The van der Waals surface area contributed by atoms with Gasteiger partial charge in [-0.15, -0.1) is 0 Å². The fourth-order valence-electron chi connectivity index (χ4n) is 2.38. The standard InChI is InChI=1S/C18H20F2N2O4S/c1-26-15-6-3-13(4-7-15)12-21-18(23)9-10-22(27(2,24)25)17-8-5-14(19)11-16(17)20/h3-8,11H,9-10,12H2,1-2H3,(H,21,23). The lowest BCUT2D eigenvalue weighted by atomic mass is 10.2. The number of hydrogen-bond donors (Lipinski definition) is 1. The summed E-state index contributed by atoms with van der Waals surface area (Å²) in [5, 5.41) is 2.66. The van der Waals surface area contributed by atoms with Gasteiger partial charge >= 0.3 is 0 Å². The molecule has 2 rings (SSSR count). The summed E-state index contributed by atoms with van der Waals surface area (Å²) in [4.78, 5) is 12.0. The number of nitrogens with one attached hydrogen (secondary N) is 1. The first-order valence-corrected chi connectivity index (χ1v) is 9.88. The first-order chi connectivity index (χ1) is 12.7. The lowest BCUT2D eigenvalue weighted by Crippen LogP contribution is -2.35. The second-order valence-electron chi connectivity index (χ2n) is 5.81. The predicted molar refractivity (Wildman–Crippen MR) is 98.0 cm³/mol. The zero-order chi connectivity index (χ0) is 20.0. The largest absolute Gasteiger partial charge is 0.497 e. The van der Waals surface area contributed by atoms with Gasteiger partial charge in [0.2, 0.25) is 15.9 Å². The van der Waals surface area contributed by atoms with Crippen LogP contribution in [0.3, 0.4) is 0 Å². The van der Waals surface area contributed by atoms with E-state index in [1.807, 2.05) is 0 Å². The number of nitrogens with zero attached hydrogens (tertiary/aromatic N) is 1. The molecule has 0 aliphatic rings. The Morgan fingerprint density at radius 2 is 1.81 bits per heavy atom. The van der Waals surface area contributed by atoms with E-state index in [2.05, 4.69) is 5.32 Å². The summed E-state index contributed by atoms with van der Waals surface area (Å²) in [6.07, 6.45) is 0.713. The van der Waals surface area contributed by atoms with Gasteiger partial charge in [0.05, 0.1) is 19.1 Å². The van der Waals surface area contributed by atoms with E-state index >= 15 is 0 Å². The van der Waals surface area contributed by atoms with Crippen LogP contribution in [0.15, 0.2) is 42.5 Å². The minimum absolute atomic E-state index is 0.181. The predicted octanol–water partition coefficient (Wildman–Crippen LogP) is 2.45. The molecule has 0 aromatic heterocycles. The summed E-state index contributed by atoms with van der Waals surface area (Å²) in [6, 6.07) is 9.67. The van der Waals surface area contributed by atoms with E-state index in [1.54, 1.807) is 31.4 Å². The number of benzene rings is 2. The molecule has 9 heteroatoms. The Morgan fingerprint density at radius 3 is 2.37 bits per heavy atom. The fourth-order valence-corrected chi connectivity index (χ4v) is 3.31. The number of methoxy groups -OCH3 is 1. The first kappa shape index (κ1) is 20.6. The molecule has 0 saturated carbocycles. The molecule has 0 bridgehead atoms. The number of halogens is 2. The molecule has 27 heavy (non-hydrogen) atoms. The number of amides is 1. The third kappa shape index (κ3) is 5.92. The molecule has 0 heterocycles.